The zero-order valence-electron chi connectivity index (χ0n) is 12.2. The first-order chi connectivity index (χ1) is 9.69. The number of ether oxygens (including phenoxy) is 1. The number of carbonyl (C=O) groups is 1. The lowest BCUT2D eigenvalue weighted by Gasteiger charge is -2.49. The molecular formula is C16H22N2O2. The van der Waals surface area contributed by atoms with Crippen LogP contribution in [-0.4, -0.2) is 55.7 Å². The van der Waals surface area contributed by atoms with Crippen LogP contribution in [0, 0.1) is 11.8 Å². The van der Waals surface area contributed by atoms with Crippen LogP contribution in [0.2, 0.25) is 0 Å². The number of hydrogen-bond acceptors (Lipinski definition) is 3. The summed E-state index contributed by atoms with van der Waals surface area (Å²) in [5.41, 5.74) is 0.753. The minimum Gasteiger partial charge on any atom is -0.361 e. The lowest BCUT2D eigenvalue weighted by Crippen LogP contribution is -2.59. The average Bonchev–Trinajstić information content (AvgIpc) is 2.46. The molecule has 1 aromatic rings. The van der Waals surface area contributed by atoms with Crippen LogP contribution in [0.15, 0.2) is 30.3 Å². The Kier molecular flexibility index (Phi) is 3.76. The van der Waals surface area contributed by atoms with E-state index in [0.29, 0.717) is 11.8 Å². The zero-order valence-corrected chi connectivity index (χ0v) is 12.2. The Morgan fingerprint density at radius 2 is 1.95 bits per heavy atom. The second kappa shape index (κ2) is 5.54. The average molecular weight is 274 g/mol. The van der Waals surface area contributed by atoms with Crippen molar-refractivity contribution in [2.45, 2.75) is 12.6 Å². The standard InChI is InChI=1S/C16H22N2O2/c1-17-9-12-8-14(11-17)16(20-2)18(10-12)15(19)13-6-4-3-5-7-13/h3-7,12,14,16H,8-11H2,1-2H3/t12-,14+,16?/m0/s1. The number of piperidine rings is 2. The molecule has 4 heteroatoms. The van der Waals surface area contributed by atoms with Crippen molar-refractivity contribution < 1.29 is 9.53 Å². The predicted molar refractivity (Wildman–Crippen MR) is 77.4 cm³/mol. The number of likely N-dealkylation sites (tertiary alicyclic amines) is 2. The van der Waals surface area contributed by atoms with Gasteiger partial charge in [0.1, 0.15) is 6.23 Å². The predicted octanol–water partition coefficient (Wildman–Crippen LogP) is 1.68. The van der Waals surface area contributed by atoms with Gasteiger partial charge in [-0.25, -0.2) is 0 Å². The topological polar surface area (TPSA) is 32.8 Å². The van der Waals surface area contributed by atoms with E-state index in [2.05, 4.69) is 11.9 Å². The lowest BCUT2D eigenvalue weighted by atomic mass is 9.83. The lowest BCUT2D eigenvalue weighted by molar-refractivity contribution is -0.113. The number of hydrogen-bond donors (Lipinski definition) is 0. The highest BCUT2D eigenvalue weighted by atomic mass is 16.5. The van der Waals surface area contributed by atoms with Crippen LogP contribution < -0.4 is 0 Å². The molecule has 4 nitrogen and oxygen atoms in total. The van der Waals surface area contributed by atoms with Crippen molar-refractivity contribution >= 4 is 5.91 Å². The maximum Gasteiger partial charge on any atom is 0.255 e. The molecule has 2 aliphatic heterocycles. The van der Waals surface area contributed by atoms with Gasteiger partial charge >= 0.3 is 0 Å². The summed E-state index contributed by atoms with van der Waals surface area (Å²) in [6, 6.07) is 9.52. The number of fused-ring (bicyclic) bond motifs is 2. The van der Waals surface area contributed by atoms with Crippen molar-refractivity contribution in [3.05, 3.63) is 35.9 Å². The second-order valence-corrected chi connectivity index (χ2v) is 6.03. The van der Waals surface area contributed by atoms with Gasteiger partial charge in [0.05, 0.1) is 0 Å². The van der Waals surface area contributed by atoms with Gasteiger partial charge in [-0.15, -0.1) is 0 Å². The Labute approximate surface area is 120 Å². The van der Waals surface area contributed by atoms with Crippen molar-refractivity contribution in [3.63, 3.8) is 0 Å². The van der Waals surface area contributed by atoms with E-state index in [-0.39, 0.29) is 12.1 Å². The van der Waals surface area contributed by atoms with E-state index in [1.165, 1.54) is 6.42 Å². The summed E-state index contributed by atoms with van der Waals surface area (Å²) in [7, 11) is 3.87. The molecule has 3 atom stereocenters. The van der Waals surface area contributed by atoms with Crippen LogP contribution in [-0.2, 0) is 4.74 Å². The van der Waals surface area contributed by atoms with Gasteiger partial charge in [0.2, 0.25) is 0 Å². The molecule has 1 aromatic carbocycles. The molecule has 2 heterocycles. The molecule has 0 saturated carbocycles. The summed E-state index contributed by atoms with van der Waals surface area (Å²) in [5, 5.41) is 0. The molecule has 0 N–H and O–H groups in total. The van der Waals surface area contributed by atoms with Crippen molar-refractivity contribution in [2.24, 2.45) is 11.8 Å². The van der Waals surface area contributed by atoms with Crippen LogP contribution >= 0.6 is 0 Å². The Morgan fingerprint density at radius 1 is 1.20 bits per heavy atom. The van der Waals surface area contributed by atoms with Crippen molar-refractivity contribution in [1.29, 1.82) is 0 Å². The van der Waals surface area contributed by atoms with Gasteiger partial charge in [0.15, 0.2) is 0 Å². The van der Waals surface area contributed by atoms with E-state index in [1.54, 1.807) is 7.11 Å². The Balaban J connectivity index is 1.83. The summed E-state index contributed by atoms with van der Waals surface area (Å²) in [5.74, 6) is 1.08. The first kappa shape index (κ1) is 13.6. The maximum absolute atomic E-state index is 12.7. The minimum absolute atomic E-state index is 0.0942. The normalized spacial score (nSPS) is 30.3. The first-order valence-corrected chi connectivity index (χ1v) is 7.26. The van der Waals surface area contributed by atoms with Crippen LogP contribution in [0.1, 0.15) is 16.8 Å². The summed E-state index contributed by atoms with van der Waals surface area (Å²) < 4.78 is 5.66. The third-order valence-corrected chi connectivity index (χ3v) is 4.44. The molecule has 0 aromatic heterocycles. The molecule has 3 rings (SSSR count). The van der Waals surface area contributed by atoms with E-state index < -0.39 is 0 Å². The molecular weight excluding hydrogens is 252 g/mol. The molecule has 2 fully saturated rings. The molecule has 1 amide bonds. The van der Waals surface area contributed by atoms with E-state index >= 15 is 0 Å². The molecule has 0 aliphatic carbocycles. The zero-order chi connectivity index (χ0) is 14.1. The van der Waals surface area contributed by atoms with Crippen LogP contribution in [0.5, 0.6) is 0 Å². The fourth-order valence-electron chi connectivity index (χ4n) is 3.73. The molecule has 2 bridgehead atoms. The highest BCUT2D eigenvalue weighted by Gasteiger charge is 2.42. The molecule has 1 unspecified atom stereocenters. The SMILES string of the molecule is COC1[C@@H]2C[C@@H](CN(C)C2)CN1C(=O)c1ccccc1. The first-order valence-electron chi connectivity index (χ1n) is 7.26. The second-order valence-electron chi connectivity index (χ2n) is 6.03. The highest BCUT2D eigenvalue weighted by Crippen LogP contribution is 2.33. The quantitative estimate of drug-likeness (QED) is 0.822. The molecule has 108 valence electrons. The number of nitrogens with zero attached hydrogens (tertiary/aromatic N) is 2. The fraction of sp³-hybridized carbons (Fsp3) is 0.562. The molecule has 2 aliphatic rings. The summed E-state index contributed by atoms with van der Waals surface area (Å²) in [6.07, 6.45) is 1.07. The monoisotopic (exact) mass is 274 g/mol. The van der Waals surface area contributed by atoms with E-state index in [0.717, 1.165) is 25.2 Å². The molecule has 2 saturated heterocycles. The van der Waals surface area contributed by atoms with E-state index in [1.807, 2.05) is 35.2 Å². The van der Waals surface area contributed by atoms with Gasteiger partial charge < -0.3 is 14.5 Å². The third-order valence-electron chi connectivity index (χ3n) is 4.44. The highest BCUT2D eigenvalue weighted by molar-refractivity contribution is 5.94. The van der Waals surface area contributed by atoms with Crippen LogP contribution in [0.3, 0.4) is 0 Å². The Bertz CT molecular complexity index is 475. The third kappa shape index (κ3) is 2.45. The number of rotatable bonds is 2. The Morgan fingerprint density at radius 3 is 2.65 bits per heavy atom. The summed E-state index contributed by atoms with van der Waals surface area (Å²) in [6.45, 7) is 2.88. The van der Waals surface area contributed by atoms with Crippen molar-refractivity contribution in [2.75, 3.05) is 33.8 Å². The van der Waals surface area contributed by atoms with Gasteiger partial charge in [-0.1, -0.05) is 18.2 Å². The van der Waals surface area contributed by atoms with E-state index in [4.69, 9.17) is 4.74 Å². The molecule has 0 radical (unpaired) electrons. The molecule has 0 spiro atoms. The van der Waals surface area contributed by atoms with Gasteiger partial charge in [0.25, 0.3) is 5.91 Å². The van der Waals surface area contributed by atoms with Crippen LogP contribution in [0.4, 0.5) is 0 Å². The number of carbonyl (C=O) groups excluding carboxylic acids is 1. The maximum atomic E-state index is 12.7. The minimum atomic E-state index is -0.0956. The fourth-order valence-corrected chi connectivity index (χ4v) is 3.73. The van der Waals surface area contributed by atoms with Gasteiger partial charge in [0, 0.05) is 38.2 Å². The summed E-state index contributed by atoms with van der Waals surface area (Å²) in [4.78, 5) is 17.0. The smallest absolute Gasteiger partial charge is 0.255 e. The van der Waals surface area contributed by atoms with Crippen molar-refractivity contribution in [1.82, 2.24) is 9.80 Å². The molecule has 20 heavy (non-hydrogen) atoms. The number of methoxy groups -OCH3 is 1. The van der Waals surface area contributed by atoms with E-state index in [9.17, 15) is 4.79 Å². The number of benzene rings is 1. The van der Waals surface area contributed by atoms with Crippen LogP contribution in [0.25, 0.3) is 0 Å². The Hall–Kier alpha value is -1.39. The van der Waals surface area contributed by atoms with Gasteiger partial charge in [-0.05, 0) is 31.5 Å². The number of amides is 1. The summed E-state index contributed by atoms with van der Waals surface area (Å²) >= 11 is 0. The largest absolute Gasteiger partial charge is 0.361 e. The van der Waals surface area contributed by atoms with Gasteiger partial charge in [-0.3, -0.25) is 4.79 Å². The van der Waals surface area contributed by atoms with Gasteiger partial charge in [-0.2, -0.15) is 0 Å². The van der Waals surface area contributed by atoms with Crippen molar-refractivity contribution in [3.8, 4) is 0 Å².